The number of halogens is 4. The zero-order chi connectivity index (χ0) is 9.84. The van der Waals surface area contributed by atoms with E-state index < -0.39 is 18.8 Å². The summed E-state index contributed by atoms with van der Waals surface area (Å²) in [5.74, 6) is -2.00. The Morgan fingerprint density at radius 2 is 1.69 bits per heavy atom. The summed E-state index contributed by atoms with van der Waals surface area (Å²) in [6, 6.07) is 7.77. The molecular weight excluding hydrogens is 184 g/mol. The zero-order valence-electron chi connectivity index (χ0n) is 6.55. The van der Waals surface area contributed by atoms with Crippen LogP contribution in [0.15, 0.2) is 24.3 Å². The molecule has 0 atom stereocenters. The van der Waals surface area contributed by atoms with Crippen LogP contribution in [0.25, 0.3) is 0 Å². The zero-order valence-corrected chi connectivity index (χ0v) is 6.55. The predicted octanol–water partition coefficient (Wildman–Crippen LogP) is 3.10. The number of hydrogen-bond acceptors (Lipinski definition) is 0. The van der Waals surface area contributed by atoms with Crippen molar-refractivity contribution in [1.29, 1.82) is 0 Å². The van der Waals surface area contributed by atoms with Crippen molar-refractivity contribution in [3.8, 4) is 0 Å². The van der Waals surface area contributed by atoms with E-state index in [0.717, 1.165) is 6.07 Å². The van der Waals surface area contributed by atoms with E-state index in [9.17, 15) is 17.6 Å². The molecule has 0 aliphatic heterocycles. The van der Waals surface area contributed by atoms with Gasteiger partial charge in [0.15, 0.2) is 0 Å². The molecule has 0 spiro atoms. The summed E-state index contributed by atoms with van der Waals surface area (Å²) in [5.41, 5.74) is -0.0764. The summed E-state index contributed by atoms with van der Waals surface area (Å²) in [7, 11) is 0. The molecule has 0 unspecified atom stereocenters. The van der Waals surface area contributed by atoms with Crippen LogP contribution in [-0.4, -0.2) is 12.9 Å². The van der Waals surface area contributed by atoms with Crippen LogP contribution >= 0.6 is 0 Å². The van der Waals surface area contributed by atoms with Crippen LogP contribution in [0.1, 0.15) is 11.5 Å². The van der Waals surface area contributed by atoms with Crippen molar-refractivity contribution in [2.45, 2.75) is 18.8 Å². The maximum atomic E-state index is 12.1. The summed E-state index contributed by atoms with van der Waals surface area (Å²) < 4.78 is 48.6. The lowest BCUT2D eigenvalue weighted by atomic mass is 10.0. The molecule has 0 fully saturated rings. The Morgan fingerprint density at radius 3 is 2.08 bits per heavy atom. The van der Waals surface area contributed by atoms with Crippen LogP contribution in [-0.2, 0) is 0 Å². The largest absolute Gasteiger partial charge is 0.250 e. The summed E-state index contributed by atoms with van der Waals surface area (Å²) in [6.07, 6.45) is -6.09. The van der Waals surface area contributed by atoms with Gasteiger partial charge in [-0.15, -0.1) is 0 Å². The van der Waals surface area contributed by atoms with E-state index in [0.29, 0.717) is 0 Å². The summed E-state index contributed by atoms with van der Waals surface area (Å²) in [4.78, 5) is 0. The molecule has 0 aliphatic carbocycles. The Hall–Kier alpha value is -1.06. The van der Waals surface area contributed by atoms with Gasteiger partial charge in [0.05, 0.1) is 0 Å². The Kier molecular flexibility index (Phi) is 3.28. The van der Waals surface area contributed by atoms with Gasteiger partial charge in [-0.1, -0.05) is 24.3 Å². The van der Waals surface area contributed by atoms with Crippen LogP contribution in [0, 0.1) is 6.07 Å². The average Bonchev–Trinajstić information content (AvgIpc) is 2.04. The van der Waals surface area contributed by atoms with Gasteiger partial charge >= 0.3 is 0 Å². The predicted molar refractivity (Wildman–Crippen MR) is 40.0 cm³/mol. The lowest BCUT2D eigenvalue weighted by Gasteiger charge is -2.14. The molecule has 1 radical (unpaired) electrons. The minimum Gasteiger partial charge on any atom is -0.210 e. The van der Waals surface area contributed by atoms with Crippen molar-refractivity contribution in [2.24, 2.45) is 0 Å². The first kappa shape index (κ1) is 10.0. The van der Waals surface area contributed by atoms with Gasteiger partial charge in [0.1, 0.15) is 5.92 Å². The fourth-order valence-corrected chi connectivity index (χ4v) is 1.02. The Labute approximate surface area is 73.2 Å². The highest BCUT2D eigenvalue weighted by molar-refractivity contribution is 5.19. The molecule has 1 rings (SSSR count). The first-order valence-electron chi connectivity index (χ1n) is 3.65. The van der Waals surface area contributed by atoms with Crippen LogP contribution in [0.2, 0.25) is 0 Å². The molecule has 0 N–H and O–H groups in total. The standard InChI is InChI=1S/C9H7F4/c10-8(11)7(9(12)13)6-4-2-1-3-5-6/h1-2,4-5,7-9H. The molecular formula is C9H7F4. The van der Waals surface area contributed by atoms with Crippen molar-refractivity contribution in [1.82, 2.24) is 0 Å². The average molecular weight is 191 g/mol. The van der Waals surface area contributed by atoms with Crippen molar-refractivity contribution in [3.05, 3.63) is 35.9 Å². The minimum atomic E-state index is -3.05. The summed E-state index contributed by atoms with van der Waals surface area (Å²) in [6.45, 7) is 0. The second-order valence-corrected chi connectivity index (χ2v) is 2.53. The second kappa shape index (κ2) is 4.25. The molecule has 13 heavy (non-hydrogen) atoms. The highest BCUT2D eigenvalue weighted by Crippen LogP contribution is 2.29. The van der Waals surface area contributed by atoms with Gasteiger partial charge in [0, 0.05) is 0 Å². The van der Waals surface area contributed by atoms with Gasteiger partial charge < -0.3 is 0 Å². The van der Waals surface area contributed by atoms with E-state index in [-0.39, 0.29) is 5.56 Å². The van der Waals surface area contributed by atoms with Crippen molar-refractivity contribution < 1.29 is 17.6 Å². The number of hydrogen-bond donors (Lipinski definition) is 0. The monoisotopic (exact) mass is 191 g/mol. The maximum absolute atomic E-state index is 12.1. The van der Waals surface area contributed by atoms with Gasteiger partial charge in [0.2, 0.25) is 0 Å². The topological polar surface area (TPSA) is 0 Å². The van der Waals surface area contributed by atoms with Crippen molar-refractivity contribution in [3.63, 3.8) is 0 Å². The Bertz CT molecular complexity index is 237. The van der Waals surface area contributed by atoms with Gasteiger partial charge in [-0.2, -0.15) is 0 Å². The molecule has 0 heterocycles. The normalized spacial score (nSPS) is 11.6. The van der Waals surface area contributed by atoms with Crippen LogP contribution < -0.4 is 0 Å². The number of alkyl halides is 4. The SMILES string of the molecule is FC(F)C(c1c[c]ccc1)C(F)F. The number of benzene rings is 1. The molecule has 0 bridgehead atoms. The van der Waals surface area contributed by atoms with Gasteiger partial charge in [-0.25, -0.2) is 17.6 Å². The van der Waals surface area contributed by atoms with Gasteiger partial charge in [-0.3, -0.25) is 0 Å². The molecule has 4 heteroatoms. The van der Waals surface area contributed by atoms with Crippen molar-refractivity contribution >= 4 is 0 Å². The molecule has 0 saturated carbocycles. The van der Waals surface area contributed by atoms with E-state index >= 15 is 0 Å². The fourth-order valence-electron chi connectivity index (χ4n) is 1.02. The Morgan fingerprint density at radius 1 is 1.08 bits per heavy atom. The highest BCUT2D eigenvalue weighted by Gasteiger charge is 2.31. The number of rotatable bonds is 3. The van der Waals surface area contributed by atoms with Gasteiger partial charge in [0.25, 0.3) is 12.9 Å². The molecule has 0 saturated heterocycles. The molecule has 1 aromatic carbocycles. The van der Waals surface area contributed by atoms with E-state index in [1.807, 2.05) is 0 Å². The van der Waals surface area contributed by atoms with Crippen LogP contribution in [0.3, 0.4) is 0 Å². The molecule has 71 valence electrons. The summed E-state index contributed by atoms with van der Waals surface area (Å²) in [5, 5.41) is 0. The lowest BCUT2D eigenvalue weighted by molar-refractivity contribution is 0.0147. The molecule has 0 nitrogen and oxygen atoms in total. The molecule has 0 amide bonds. The van der Waals surface area contributed by atoms with E-state index in [1.54, 1.807) is 0 Å². The third-order valence-corrected chi connectivity index (χ3v) is 1.66. The van der Waals surface area contributed by atoms with Crippen LogP contribution in [0.4, 0.5) is 17.6 Å². The first-order valence-corrected chi connectivity index (χ1v) is 3.65. The Balaban J connectivity index is 2.89. The van der Waals surface area contributed by atoms with E-state index in [2.05, 4.69) is 6.07 Å². The molecule has 0 aromatic heterocycles. The highest BCUT2D eigenvalue weighted by atomic mass is 19.3. The van der Waals surface area contributed by atoms with Gasteiger partial charge in [-0.05, 0) is 11.6 Å². The fraction of sp³-hybridized carbons (Fsp3) is 0.333. The minimum absolute atomic E-state index is 0.0764. The second-order valence-electron chi connectivity index (χ2n) is 2.53. The van der Waals surface area contributed by atoms with E-state index in [1.165, 1.54) is 18.2 Å². The first-order chi connectivity index (χ1) is 6.13. The third-order valence-electron chi connectivity index (χ3n) is 1.66. The molecule has 1 aromatic rings. The van der Waals surface area contributed by atoms with E-state index in [4.69, 9.17) is 0 Å². The lowest BCUT2D eigenvalue weighted by Crippen LogP contribution is -2.17. The van der Waals surface area contributed by atoms with Crippen molar-refractivity contribution in [2.75, 3.05) is 0 Å². The van der Waals surface area contributed by atoms with Crippen LogP contribution in [0.5, 0.6) is 0 Å². The molecule has 0 aliphatic rings. The third kappa shape index (κ3) is 2.44. The maximum Gasteiger partial charge on any atom is 0.250 e. The smallest absolute Gasteiger partial charge is 0.210 e. The quantitative estimate of drug-likeness (QED) is 0.644. The summed E-state index contributed by atoms with van der Waals surface area (Å²) >= 11 is 0.